The smallest absolute Gasteiger partial charge is 0.243 e. The lowest BCUT2D eigenvalue weighted by Gasteiger charge is -2.19. The molecule has 0 saturated carbocycles. The summed E-state index contributed by atoms with van der Waals surface area (Å²) < 4.78 is 29.2. The van der Waals surface area contributed by atoms with Crippen LogP contribution in [0.25, 0.3) is 11.4 Å². The largest absolute Gasteiger partial charge is 0.348 e. The van der Waals surface area contributed by atoms with Crippen LogP contribution in [0.15, 0.2) is 34.3 Å². The fourth-order valence-corrected chi connectivity index (χ4v) is 5.33. The van der Waals surface area contributed by atoms with Crippen LogP contribution >= 0.6 is 11.8 Å². The molecule has 0 aliphatic rings. The van der Waals surface area contributed by atoms with E-state index in [1.807, 2.05) is 24.5 Å². The molecule has 0 bridgehead atoms. The summed E-state index contributed by atoms with van der Waals surface area (Å²) in [4.78, 5) is 13.8. The first kappa shape index (κ1) is 24.4. The highest BCUT2D eigenvalue weighted by Crippen LogP contribution is 2.27. The van der Waals surface area contributed by atoms with Crippen molar-refractivity contribution in [3.8, 4) is 11.4 Å². The second-order valence-electron chi connectivity index (χ2n) is 7.50. The van der Waals surface area contributed by atoms with Gasteiger partial charge in [0.25, 0.3) is 0 Å². The van der Waals surface area contributed by atoms with Crippen LogP contribution in [0.5, 0.6) is 0 Å². The Morgan fingerprint density at radius 1 is 1.17 bits per heavy atom. The summed E-state index contributed by atoms with van der Waals surface area (Å²) in [7, 11) is -0.137. The Labute approximate surface area is 183 Å². The minimum atomic E-state index is -3.57. The minimum absolute atomic E-state index is 0.00652. The van der Waals surface area contributed by atoms with Crippen molar-refractivity contribution in [2.45, 2.75) is 44.3 Å². The summed E-state index contributed by atoms with van der Waals surface area (Å²) in [5.74, 6) is 1.18. The van der Waals surface area contributed by atoms with E-state index in [9.17, 15) is 13.2 Å². The molecule has 0 saturated heterocycles. The third-order valence-electron chi connectivity index (χ3n) is 4.52. The van der Waals surface area contributed by atoms with Crippen LogP contribution in [0.3, 0.4) is 0 Å². The lowest BCUT2D eigenvalue weighted by molar-refractivity contribution is -0.125. The average molecular weight is 454 g/mol. The molecular weight excluding hydrogens is 422 g/mol. The Morgan fingerprint density at radius 2 is 1.83 bits per heavy atom. The van der Waals surface area contributed by atoms with E-state index in [-0.39, 0.29) is 16.6 Å². The quantitative estimate of drug-likeness (QED) is 0.514. The Balaban J connectivity index is 2.45. The average Bonchev–Trinajstić information content (AvgIpc) is 3.08. The molecule has 0 radical (unpaired) electrons. The lowest BCUT2D eigenvalue weighted by atomic mass is 10.2. The van der Waals surface area contributed by atoms with E-state index in [0.29, 0.717) is 42.1 Å². The SMILES string of the molecule is CCN(CC)S(=O)(=O)c1cccc(-c2nnc(SCC(=O)N(C)C)n2CC(C)C)c1. The van der Waals surface area contributed by atoms with E-state index < -0.39 is 10.0 Å². The van der Waals surface area contributed by atoms with Crippen molar-refractivity contribution in [1.29, 1.82) is 0 Å². The van der Waals surface area contributed by atoms with E-state index in [1.165, 1.54) is 16.1 Å². The van der Waals surface area contributed by atoms with Crippen LogP contribution in [-0.2, 0) is 21.4 Å². The molecule has 1 heterocycles. The van der Waals surface area contributed by atoms with Crippen molar-refractivity contribution in [1.82, 2.24) is 24.0 Å². The molecule has 2 rings (SSSR count). The topological polar surface area (TPSA) is 88.4 Å². The first-order valence-corrected chi connectivity index (χ1v) is 12.4. The lowest BCUT2D eigenvalue weighted by Crippen LogP contribution is -2.30. The molecular formula is C20H31N5O3S2. The number of carbonyl (C=O) groups is 1. The van der Waals surface area contributed by atoms with Gasteiger partial charge >= 0.3 is 0 Å². The third-order valence-corrected chi connectivity index (χ3v) is 7.52. The molecule has 8 nitrogen and oxygen atoms in total. The standard InChI is InChI=1S/C20H31N5O3S2/c1-7-24(8-2)30(27,28)17-11-9-10-16(12-17)19-21-22-20(25(19)13-15(3)4)29-14-18(26)23(5)6/h9-12,15H,7-8,13-14H2,1-6H3. The van der Waals surface area contributed by atoms with Crippen molar-refractivity contribution >= 4 is 27.7 Å². The minimum Gasteiger partial charge on any atom is -0.348 e. The molecule has 0 aliphatic carbocycles. The molecule has 1 aromatic carbocycles. The normalized spacial score (nSPS) is 12.0. The van der Waals surface area contributed by atoms with Crippen molar-refractivity contribution < 1.29 is 13.2 Å². The highest BCUT2D eigenvalue weighted by Gasteiger charge is 2.23. The van der Waals surface area contributed by atoms with Gasteiger partial charge in [-0.3, -0.25) is 4.79 Å². The number of benzene rings is 1. The molecule has 30 heavy (non-hydrogen) atoms. The molecule has 0 aliphatic heterocycles. The highest BCUT2D eigenvalue weighted by molar-refractivity contribution is 7.99. The number of carbonyl (C=O) groups excluding carboxylic acids is 1. The molecule has 1 aromatic heterocycles. The van der Waals surface area contributed by atoms with Crippen LogP contribution in [0, 0.1) is 5.92 Å². The van der Waals surface area contributed by atoms with Crippen LogP contribution < -0.4 is 0 Å². The van der Waals surface area contributed by atoms with Crippen LogP contribution in [-0.4, -0.2) is 71.2 Å². The van der Waals surface area contributed by atoms with Gasteiger partial charge in [0.15, 0.2) is 11.0 Å². The molecule has 10 heteroatoms. The number of amides is 1. The first-order chi connectivity index (χ1) is 14.1. The number of sulfonamides is 1. The van der Waals surface area contributed by atoms with Crippen molar-refractivity contribution in [3.63, 3.8) is 0 Å². The van der Waals surface area contributed by atoms with Gasteiger partial charge < -0.3 is 9.47 Å². The number of nitrogens with zero attached hydrogens (tertiary/aromatic N) is 5. The molecule has 166 valence electrons. The zero-order valence-electron chi connectivity index (χ0n) is 18.5. The molecule has 0 fully saturated rings. The number of rotatable bonds is 10. The summed E-state index contributed by atoms with van der Waals surface area (Å²) >= 11 is 1.33. The molecule has 0 spiro atoms. The highest BCUT2D eigenvalue weighted by atomic mass is 32.2. The molecule has 0 N–H and O–H groups in total. The maximum Gasteiger partial charge on any atom is 0.243 e. The maximum atomic E-state index is 12.9. The second kappa shape index (κ2) is 10.4. The van der Waals surface area contributed by atoms with Gasteiger partial charge in [0.1, 0.15) is 0 Å². The number of hydrogen-bond acceptors (Lipinski definition) is 6. The monoisotopic (exact) mass is 453 g/mol. The summed E-state index contributed by atoms with van der Waals surface area (Å²) in [6.45, 7) is 9.30. The van der Waals surface area contributed by atoms with Gasteiger partial charge in [-0.1, -0.05) is 51.6 Å². The zero-order chi connectivity index (χ0) is 22.5. The van der Waals surface area contributed by atoms with Gasteiger partial charge in [0.2, 0.25) is 15.9 Å². The second-order valence-corrected chi connectivity index (χ2v) is 10.4. The van der Waals surface area contributed by atoms with E-state index in [0.717, 1.165) is 0 Å². The third kappa shape index (κ3) is 5.61. The van der Waals surface area contributed by atoms with Crippen molar-refractivity contribution in [2.24, 2.45) is 5.92 Å². The fourth-order valence-electron chi connectivity index (χ4n) is 2.90. The van der Waals surface area contributed by atoms with Crippen molar-refractivity contribution in [2.75, 3.05) is 32.9 Å². The number of aromatic nitrogens is 3. The summed E-state index contributed by atoms with van der Waals surface area (Å²) in [5.41, 5.74) is 0.683. The molecule has 2 aromatic rings. The number of thioether (sulfide) groups is 1. The van der Waals surface area contributed by atoms with E-state index in [2.05, 4.69) is 24.0 Å². The predicted octanol–water partition coefficient (Wildman–Crippen LogP) is 2.81. The first-order valence-electron chi connectivity index (χ1n) is 9.98. The van der Waals surface area contributed by atoms with Gasteiger partial charge in [-0.2, -0.15) is 4.31 Å². The van der Waals surface area contributed by atoms with E-state index >= 15 is 0 Å². The molecule has 0 atom stereocenters. The summed E-state index contributed by atoms with van der Waals surface area (Å²) in [5, 5.41) is 9.26. The van der Waals surface area contributed by atoms with Crippen molar-refractivity contribution in [3.05, 3.63) is 24.3 Å². The van der Waals surface area contributed by atoms with Crippen LogP contribution in [0.2, 0.25) is 0 Å². The summed E-state index contributed by atoms with van der Waals surface area (Å²) in [6.07, 6.45) is 0. The van der Waals surface area contributed by atoms with Gasteiger partial charge in [-0.25, -0.2) is 8.42 Å². The molecule has 1 amide bonds. The van der Waals surface area contributed by atoms with Crippen LogP contribution in [0.4, 0.5) is 0 Å². The van der Waals surface area contributed by atoms with Gasteiger partial charge in [-0.05, 0) is 18.1 Å². The van der Waals surface area contributed by atoms with E-state index in [4.69, 9.17) is 0 Å². The predicted molar refractivity (Wildman–Crippen MR) is 120 cm³/mol. The van der Waals surface area contributed by atoms with Gasteiger partial charge in [0.05, 0.1) is 10.6 Å². The fraction of sp³-hybridized carbons (Fsp3) is 0.550. The zero-order valence-corrected chi connectivity index (χ0v) is 20.1. The maximum absolute atomic E-state index is 12.9. The number of hydrogen-bond donors (Lipinski definition) is 0. The Bertz CT molecular complexity index is 967. The summed E-state index contributed by atoms with van der Waals surface area (Å²) in [6, 6.07) is 6.81. The van der Waals surface area contributed by atoms with Gasteiger partial charge in [-0.15, -0.1) is 10.2 Å². The van der Waals surface area contributed by atoms with Crippen LogP contribution in [0.1, 0.15) is 27.7 Å². The van der Waals surface area contributed by atoms with Gasteiger partial charge in [0, 0.05) is 39.3 Å². The Morgan fingerprint density at radius 3 is 2.40 bits per heavy atom. The van der Waals surface area contributed by atoms with E-state index in [1.54, 1.807) is 37.2 Å². The molecule has 0 unspecified atom stereocenters. The Kier molecular flexibility index (Phi) is 8.45. The Hall–Kier alpha value is -1.91.